The van der Waals surface area contributed by atoms with Gasteiger partial charge in [-0.05, 0) is 12.1 Å². The maximum atomic E-state index is 10.6. The van der Waals surface area contributed by atoms with Gasteiger partial charge in [-0.2, -0.15) is 5.26 Å². The molecule has 0 aliphatic rings. The van der Waals surface area contributed by atoms with Crippen molar-refractivity contribution < 1.29 is 20.1 Å². The molecule has 3 N–H and O–H groups in total. The molecule has 0 fully saturated rings. The quantitative estimate of drug-likeness (QED) is 0.665. The molecule has 0 bridgehead atoms. The van der Waals surface area contributed by atoms with E-state index < -0.39 is 18.2 Å². The zero-order valence-electron chi connectivity index (χ0n) is 8.24. The van der Waals surface area contributed by atoms with E-state index in [0.29, 0.717) is 0 Å². The lowest BCUT2D eigenvalue weighted by Crippen LogP contribution is -2.19. The second-order valence-electron chi connectivity index (χ2n) is 3.13. The zero-order valence-corrected chi connectivity index (χ0v) is 8.24. The first-order valence-corrected chi connectivity index (χ1v) is 4.49. The van der Waals surface area contributed by atoms with Crippen molar-refractivity contribution in [1.29, 1.82) is 5.26 Å². The minimum Gasteiger partial charge on any atom is -0.477 e. The predicted octanol–water partition coefficient (Wildman–Crippen LogP) is 0.0878. The van der Waals surface area contributed by atoms with Crippen LogP contribution in [0.5, 0.6) is 0 Å². The van der Waals surface area contributed by atoms with Crippen LogP contribution in [0.4, 0.5) is 0 Å². The third-order valence-corrected chi connectivity index (χ3v) is 1.96. The first kappa shape index (κ1) is 12.1. The van der Waals surface area contributed by atoms with Crippen molar-refractivity contribution in [1.82, 2.24) is 4.98 Å². The number of aliphatic hydroxyl groups excluding tert-OH is 2. The topological polar surface area (TPSA) is 114 Å². The van der Waals surface area contributed by atoms with Gasteiger partial charge in [0.15, 0.2) is 0 Å². The molecule has 0 aromatic carbocycles. The van der Waals surface area contributed by atoms with E-state index in [1.54, 1.807) is 6.07 Å². The van der Waals surface area contributed by atoms with Gasteiger partial charge in [-0.1, -0.05) is 6.07 Å². The first-order chi connectivity index (χ1) is 7.56. The largest absolute Gasteiger partial charge is 0.477 e. The fraction of sp³-hybridized carbons (Fsp3) is 0.300. The van der Waals surface area contributed by atoms with E-state index in [9.17, 15) is 15.0 Å². The SMILES string of the molecule is N#CCC(O)C(O)c1cccc(C(=O)O)n1. The van der Waals surface area contributed by atoms with Gasteiger partial charge >= 0.3 is 5.97 Å². The fourth-order valence-electron chi connectivity index (χ4n) is 1.14. The van der Waals surface area contributed by atoms with Gasteiger partial charge in [0.2, 0.25) is 0 Å². The van der Waals surface area contributed by atoms with Gasteiger partial charge < -0.3 is 15.3 Å². The molecule has 1 rings (SSSR count). The molecule has 0 amide bonds. The molecule has 0 aliphatic carbocycles. The Morgan fingerprint density at radius 3 is 2.75 bits per heavy atom. The average molecular weight is 222 g/mol. The molecule has 2 atom stereocenters. The lowest BCUT2D eigenvalue weighted by Gasteiger charge is -2.14. The van der Waals surface area contributed by atoms with Gasteiger partial charge in [0.25, 0.3) is 0 Å². The van der Waals surface area contributed by atoms with Crippen molar-refractivity contribution >= 4 is 5.97 Å². The predicted molar refractivity (Wildman–Crippen MR) is 52.4 cm³/mol. The molecule has 84 valence electrons. The van der Waals surface area contributed by atoms with Gasteiger partial charge in [-0.15, -0.1) is 0 Å². The number of carbonyl (C=O) groups is 1. The number of pyridine rings is 1. The number of carboxylic acid groups (broad SMARTS) is 1. The average Bonchev–Trinajstić information content (AvgIpc) is 2.28. The first-order valence-electron chi connectivity index (χ1n) is 4.49. The zero-order chi connectivity index (χ0) is 12.1. The minimum atomic E-state index is -1.36. The highest BCUT2D eigenvalue weighted by Gasteiger charge is 2.20. The van der Waals surface area contributed by atoms with E-state index in [-0.39, 0.29) is 17.8 Å². The Labute approximate surface area is 91.4 Å². The van der Waals surface area contributed by atoms with Crippen LogP contribution in [0.25, 0.3) is 0 Å². The van der Waals surface area contributed by atoms with E-state index in [2.05, 4.69) is 4.98 Å². The lowest BCUT2D eigenvalue weighted by atomic mass is 10.1. The summed E-state index contributed by atoms with van der Waals surface area (Å²) in [6, 6.07) is 5.77. The number of hydrogen-bond donors (Lipinski definition) is 3. The summed E-state index contributed by atoms with van der Waals surface area (Å²) in [6.45, 7) is 0. The third-order valence-electron chi connectivity index (χ3n) is 1.96. The van der Waals surface area contributed by atoms with Gasteiger partial charge in [0.1, 0.15) is 11.8 Å². The lowest BCUT2D eigenvalue weighted by molar-refractivity contribution is 0.0188. The van der Waals surface area contributed by atoms with Crippen LogP contribution < -0.4 is 0 Å². The Balaban J connectivity index is 2.92. The molecule has 1 heterocycles. The Morgan fingerprint density at radius 1 is 1.50 bits per heavy atom. The smallest absolute Gasteiger partial charge is 0.354 e. The van der Waals surface area contributed by atoms with Crippen molar-refractivity contribution in [3.05, 3.63) is 29.6 Å². The highest BCUT2D eigenvalue weighted by molar-refractivity contribution is 5.85. The molecule has 1 aromatic heterocycles. The fourth-order valence-corrected chi connectivity index (χ4v) is 1.14. The summed E-state index contributed by atoms with van der Waals surface area (Å²) in [5.74, 6) is -1.22. The van der Waals surface area contributed by atoms with Crippen LogP contribution in [0.2, 0.25) is 0 Å². The minimum absolute atomic E-state index is 0.0302. The molecular formula is C10H10N2O4. The molecule has 1 aromatic rings. The molecule has 2 unspecified atom stereocenters. The van der Waals surface area contributed by atoms with Crippen LogP contribution in [0.15, 0.2) is 18.2 Å². The molecular weight excluding hydrogens is 212 g/mol. The van der Waals surface area contributed by atoms with E-state index >= 15 is 0 Å². The molecule has 6 nitrogen and oxygen atoms in total. The number of aromatic carboxylic acids is 1. The van der Waals surface area contributed by atoms with Crippen LogP contribution >= 0.6 is 0 Å². The maximum absolute atomic E-state index is 10.6. The van der Waals surface area contributed by atoms with Crippen LogP contribution in [0.3, 0.4) is 0 Å². The number of hydrogen-bond acceptors (Lipinski definition) is 5. The Kier molecular flexibility index (Phi) is 3.94. The number of nitriles is 1. The van der Waals surface area contributed by atoms with E-state index in [4.69, 9.17) is 10.4 Å². The van der Waals surface area contributed by atoms with Crippen molar-refractivity contribution in [2.75, 3.05) is 0 Å². The summed E-state index contributed by atoms with van der Waals surface area (Å²) in [5.41, 5.74) is -0.191. The molecule has 6 heteroatoms. The van der Waals surface area contributed by atoms with Crippen molar-refractivity contribution in [2.45, 2.75) is 18.6 Å². The second kappa shape index (κ2) is 5.21. The normalized spacial score (nSPS) is 13.8. The van der Waals surface area contributed by atoms with E-state index in [1.807, 2.05) is 0 Å². The standard InChI is InChI=1S/C10H10N2O4/c11-5-4-8(13)9(14)6-2-1-3-7(12-6)10(15)16/h1-3,8-9,13-14H,4H2,(H,15,16). The summed E-state index contributed by atoms with van der Waals surface area (Å²) in [6.07, 6.45) is -2.89. The second-order valence-corrected chi connectivity index (χ2v) is 3.13. The van der Waals surface area contributed by atoms with E-state index in [1.165, 1.54) is 18.2 Å². The summed E-state index contributed by atoms with van der Waals surface area (Å²) in [5, 5.41) is 35.9. The Morgan fingerprint density at radius 2 is 2.19 bits per heavy atom. The van der Waals surface area contributed by atoms with Crippen LogP contribution in [-0.4, -0.2) is 32.4 Å². The van der Waals surface area contributed by atoms with Gasteiger partial charge in [0.05, 0.1) is 24.3 Å². The molecule has 0 saturated carbocycles. The molecule has 0 saturated heterocycles. The number of rotatable bonds is 4. The van der Waals surface area contributed by atoms with Crippen molar-refractivity contribution in [3.63, 3.8) is 0 Å². The summed E-state index contributed by atoms with van der Waals surface area (Å²) in [7, 11) is 0. The number of carboxylic acids is 1. The third kappa shape index (κ3) is 2.76. The van der Waals surface area contributed by atoms with Crippen LogP contribution in [-0.2, 0) is 0 Å². The number of aliphatic hydroxyl groups is 2. The van der Waals surface area contributed by atoms with Crippen LogP contribution in [0, 0.1) is 11.3 Å². The Bertz CT molecular complexity index is 427. The Hall–Kier alpha value is -1.97. The highest BCUT2D eigenvalue weighted by atomic mass is 16.4. The number of aromatic nitrogens is 1. The van der Waals surface area contributed by atoms with E-state index in [0.717, 1.165) is 0 Å². The molecule has 16 heavy (non-hydrogen) atoms. The van der Waals surface area contributed by atoms with Crippen LogP contribution in [0.1, 0.15) is 28.7 Å². The van der Waals surface area contributed by atoms with Crippen molar-refractivity contribution in [3.8, 4) is 6.07 Å². The molecule has 0 aliphatic heterocycles. The maximum Gasteiger partial charge on any atom is 0.354 e. The number of nitrogens with zero attached hydrogens (tertiary/aromatic N) is 2. The van der Waals surface area contributed by atoms with Gasteiger partial charge in [-0.3, -0.25) is 0 Å². The summed E-state index contributed by atoms with van der Waals surface area (Å²) < 4.78 is 0. The van der Waals surface area contributed by atoms with Crippen molar-refractivity contribution in [2.24, 2.45) is 0 Å². The summed E-state index contributed by atoms with van der Waals surface area (Å²) in [4.78, 5) is 14.3. The van der Waals surface area contributed by atoms with Gasteiger partial charge in [-0.25, -0.2) is 9.78 Å². The summed E-state index contributed by atoms with van der Waals surface area (Å²) >= 11 is 0. The highest BCUT2D eigenvalue weighted by Crippen LogP contribution is 2.16. The monoisotopic (exact) mass is 222 g/mol. The van der Waals surface area contributed by atoms with Gasteiger partial charge in [0, 0.05) is 0 Å². The molecule has 0 radical (unpaired) electrons. The molecule has 0 spiro atoms.